The number of rotatable bonds is 3. The highest BCUT2D eigenvalue weighted by Crippen LogP contribution is 2.26. The number of aromatic amines is 1. The van der Waals surface area contributed by atoms with Crippen molar-refractivity contribution in [2.24, 2.45) is 0 Å². The highest BCUT2D eigenvalue weighted by atomic mass is 35.5. The van der Waals surface area contributed by atoms with E-state index in [9.17, 15) is 4.79 Å². The lowest BCUT2D eigenvalue weighted by molar-refractivity contribution is 0.179. The van der Waals surface area contributed by atoms with Crippen LogP contribution < -0.4 is 5.69 Å². The van der Waals surface area contributed by atoms with Gasteiger partial charge in [0.05, 0.1) is 4.34 Å². The summed E-state index contributed by atoms with van der Waals surface area (Å²) < 4.78 is 2.55. The molecule has 3 heterocycles. The van der Waals surface area contributed by atoms with E-state index in [2.05, 4.69) is 21.2 Å². The van der Waals surface area contributed by atoms with Gasteiger partial charge in [-0.3, -0.25) is 9.47 Å². The molecular formula is C12H15ClN4OS. The summed E-state index contributed by atoms with van der Waals surface area (Å²) in [5.74, 6) is 0. The number of hydrogen-bond donors (Lipinski definition) is 1. The maximum atomic E-state index is 11.5. The van der Waals surface area contributed by atoms with E-state index in [0.29, 0.717) is 0 Å². The minimum atomic E-state index is -0.108. The molecule has 0 aliphatic carbocycles. The summed E-state index contributed by atoms with van der Waals surface area (Å²) in [4.78, 5) is 15.2. The number of H-pyrrole nitrogens is 1. The number of likely N-dealkylation sites (tertiary alicyclic amines) is 1. The second-order valence-corrected chi connectivity index (χ2v) is 6.58. The zero-order valence-electron chi connectivity index (χ0n) is 10.4. The molecule has 19 heavy (non-hydrogen) atoms. The maximum absolute atomic E-state index is 11.5. The molecule has 0 unspecified atom stereocenters. The second kappa shape index (κ2) is 5.48. The molecule has 2 aromatic rings. The summed E-state index contributed by atoms with van der Waals surface area (Å²) in [6.45, 7) is 2.94. The third-order valence-corrected chi connectivity index (χ3v) is 4.75. The standard InChI is InChI=1S/C12H15ClN4OS/c13-11-2-1-10(19-11)7-16-5-3-9(4-6-16)17-8-14-15-12(17)18/h1-2,8-9H,3-7H2,(H,15,18). The number of nitrogens with zero attached hydrogens (tertiary/aromatic N) is 3. The number of thiophene rings is 1. The van der Waals surface area contributed by atoms with E-state index in [1.54, 1.807) is 22.2 Å². The van der Waals surface area contributed by atoms with E-state index in [1.807, 2.05) is 6.07 Å². The molecular weight excluding hydrogens is 284 g/mol. The Morgan fingerprint density at radius 2 is 2.21 bits per heavy atom. The van der Waals surface area contributed by atoms with E-state index >= 15 is 0 Å². The van der Waals surface area contributed by atoms with E-state index < -0.39 is 0 Å². The fraction of sp³-hybridized carbons (Fsp3) is 0.500. The number of piperidine rings is 1. The minimum Gasteiger partial charge on any atom is -0.298 e. The van der Waals surface area contributed by atoms with Crippen molar-refractivity contribution in [3.05, 3.63) is 38.2 Å². The van der Waals surface area contributed by atoms with Crippen LogP contribution in [0.15, 0.2) is 23.3 Å². The Bertz CT molecular complexity index is 597. The van der Waals surface area contributed by atoms with Crippen LogP contribution in [0.1, 0.15) is 23.8 Å². The zero-order valence-corrected chi connectivity index (χ0v) is 12.0. The van der Waals surface area contributed by atoms with Crippen LogP contribution >= 0.6 is 22.9 Å². The van der Waals surface area contributed by atoms with Crippen molar-refractivity contribution in [1.29, 1.82) is 0 Å². The molecule has 0 saturated carbocycles. The van der Waals surface area contributed by atoms with Gasteiger partial charge in [-0.1, -0.05) is 11.6 Å². The van der Waals surface area contributed by atoms with Gasteiger partial charge in [-0.15, -0.1) is 11.3 Å². The largest absolute Gasteiger partial charge is 0.343 e. The molecule has 1 aliphatic rings. The van der Waals surface area contributed by atoms with Crippen LogP contribution in [-0.2, 0) is 6.54 Å². The van der Waals surface area contributed by atoms with Crippen LogP contribution in [0.2, 0.25) is 4.34 Å². The zero-order chi connectivity index (χ0) is 13.2. The van der Waals surface area contributed by atoms with E-state index in [-0.39, 0.29) is 11.7 Å². The molecule has 0 atom stereocenters. The smallest absolute Gasteiger partial charge is 0.298 e. The fourth-order valence-electron chi connectivity index (χ4n) is 2.53. The number of nitrogens with one attached hydrogen (secondary N) is 1. The van der Waals surface area contributed by atoms with Crippen molar-refractivity contribution < 1.29 is 0 Å². The Balaban J connectivity index is 1.58. The van der Waals surface area contributed by atoms with Crippen molar-refractivity contribution in [3.63, 3.8) is 0 Å². The first-order chi connectivity index (χ1) is 9.22. The van der Waals surface area contributed by atoms with Gasteiger partial charge in [0, 0.05) is 30.6 Å². The van der Waals surface area contributed by atoms with Gasteiger partial charge in [-0.2, -0.15) is 5.10 Å². The predicted octanol–water partition coefficient (Wildman–Crippen LogP) is 2.12. The fourth-order valence-corrected chi connectivity index (χ4v) is 3.66. The Labute approximate surface area is 119 Å². The van der Waals surface area contributed by atoms with Crippen molar-refractivity contribution in [2.75, 3.05) is 13.1 Å². The molecule has 0 spiro atoms. The third kappa shape index (κ3) is 2.91. The van der Waals surface area contributed by atoms with Gasteiger partial charge in [0.25, 0.3) is 0 Å². The van der Waals surface area contributed by atoms with Crippen LogP contribution in [0.4, 0.5) is 0 Å². The minimum absolute atomic E-state index is 0.108. The van der Waals surface area contributed by atoms with Crippen molar-refractivity contribution in [2.45, 2.75) is 25.4 Å². The molecule has 1 fully saturated rings. The highest BCUT2D eigenvalue weighted by Gasteiger charge is 2.22. The Hall–Kier alpha value is -1.11. The second-order valence-electron chi connectivity index (χ2n) is 4.78. The normalized spacial score (nSPS) is 17.9. The maximum Gasteiger partial charge on any atom is 0.343 e. The Kier molecular flexibility index (Phi) is 3.72. The number of halogens is 1. The first-order valence-corrected chi connectivity index (χ1v) is 7.50. The van der Waals surface area contributed by atoms with Crippen LogP contribution in [0.3, 0.4) is 0 Å². The summed E-state index contributed by atoms with van der Waals surface area (Å²) in [7, 11) is 0. The first-order valence-electron chi connectivity index (χ1n) is 6.30. The highest BCUT2D eigenvalue weighted by molar-refractivity contribution is 7.16. The summed E-state index contributed by atoms with van der Waals surface area (Å²) in [6, 6.07) is 4.30. The number of hydrogen-bond acceptors (Lipinski definition) is 4. The summed E-state index contributed by atoms with van der Waals surface area (Å²) in [5.41, 5.74) is -0.108. The molecule has 1 N–H and O–H groups in total. The van der Waals surface area contributed by atoms with Gasteiger partial charge >= 0.3 is 5.69 Å². The molecule has 1 aliphatic heterocycles. The third-order valence-electron chi connectivity index (χ3n) is 3.54. The molecule has 3 rings (SSSR count). The first kappa shape index (κ1) is 12.9. The van der Waals surface area contributed by atoms with E-state index in [0.717, 1.165) is 36.8 Å². The topological polar surface area (TPSA) is 53.9 Å². The Morgan fingerprint density at radius 3 is 2.79 bits per heavy atom. The van der Waals surface area contributed by atoms with Gasteiger partial charge < -0.3 is 0 Å². The quantitative estimate of drug-likeness (QED) is 0.944. The van der Waals surface area contributed by atoms with Gasteiger partial charge in [0.1, 0.15) is 6.33 Å². The van der Waals surface area contributed by atoms with Crippen molar-refractivity contribution in [3.8, 4) is 0 Å². The molecule has 0 bridgehead atoms. The van der Waals surface area contributed by atoms with Gasteiger partial charge in [-0.25, -0.2) is 9.89 Å². The predicted molar refractivity (Wildman–Crippen MR) is 75.7 cm³/mol. The molecule has 0 amide bonds. The van der Waals surface area contributed by atoms with E-state index in [4.69, 9.17) is 11.6 Å². The molecule has 102 valence electrons. The molecule has 0 aromatic carbocycles. The molecule has 1 saturated heterocycles. The van der Waals surface area contributed by atoms with Crippen LogP contribution in [-0.4, -0.2) is 32.8 Å². The molecule has 2 aromatic heterocycles. The molecule has 7 heteroatoms. The van der Waals surface area contributed by atoms with Crippen LogP contribution in [0, 0.1) is 0 Å². The Morgan fingerprint density at radius 1 is 1.42 bits per heavy atom. The summed E-state index contributed by atoms with van der Waals surface area (Å²) >= 11 is 7.57. The lowest BCUT2D eigenvalue weighted by atomic mass is 10.1. The average Bonchev–Trinajstić information content (AvgIpc) is 3.00. The summed E-state index contributed by atoms with van der Waals surface area (Å²) in [5, 5.41) is 6.24. The lowest BCUT2D eigenvalue weighted by Gasteiger charge is -2.31. The van der Waals surface area contributed by atoms with Gasteiger partial charge in [-0.05, 0) is 25.0 Å². The molecule has 5 nitrogen and oxygen atoms in total. The molecule has 0 radical (unpaired) electrons. The number of aromatic nitrogens is 3. The van der Waals surface area contributed by atoms with Gasteiger partial charge in [0.15, 0.2) is 0 Å². The monoisotopic (exact) mass is 298 g/mol. The average molecular weight is 299 g/mol. The van der Waals surface area contributed by atoms with Crippen LogP contribution in [0.25, 0.3) is 0 Å². The van der Waals surface area contributed by atoms with Crippen LogP contribution in [0.5, 0.6) is 0 Å². The summed E-state index contributed by atoms with van der Waals surface area (Å²) in [6.07, 6.45) is 3.57. The SMILES string of the molecule is O=c1[nH]ncn1C1CCN(Cc2ccc(Cl)s2)CC1. The lowest BCUT2D eigenvalue weighted by Crippen LogP contribution is -2.36. The van der Waals surface area contributed by atoms with Crippen molar-refractivity contribution >= 4 is 22.9 Å². The van der Waals surface area contributed by atoms with Gasteiger partial charge in [0.2, 0.25) is 0 Å². The van der Waals surface area contributed by atoms with Crippen molar-refractivity contribution in [1.82, 2.24) is 19.7 Å². The van der Waals surface area contributed by atoms with E-state index in [1.165, 1.54) is 4.88 Å².